The molecule has 1 unspecified atom stereocenters. The number of nitrogens with two attached hydrogens (primary N) is 1. The van der Waals surface area contributed by atoms with E-state index >= 15 is 0 Å². The van der Waals surface area contributed by atoms with Crippen LogP contribution in [0.2, 0.25) is 5.02 Å². The summed E-state index contributed by atoms with van der Waals surface area (Å²) < 4.78 is 0. The number of pyridine rings is 1. The first kappa shape index (κ1) is 12.1. The molecule has 1 aromatic heterocycles. The number of anilines is 2. The lowest BCUT2D eigenvalue weighted by atomic mass is 10.0. The number of halogens is 1. The summed E-state index contributed by atoms with van der Waals surface area (Å²) in [5.41, 5.74) is 5.43. The van der Waals surface area contributed by atoms with Gasteiger partial charge in [0.15, 0.2) is 0 Å². The molecule has 0 aliphatic carbocycles. The Hall–Kier alpha value is -1.00. The molecule has 0 fully saturated rings. The lowest BCUT2D eigenvalue weighted by Gasteiger charge is -2.22. The molecule has 4 nitrogen and oxygen atoms in total. The largest absolute Gasteiger partial charge is 0.396 e. The summed E-state index contributed by atoms with van der Waals surface area (Å²) in [6.07, 6.45) is 2.18. The molecule has 1 atom stereocenters. The van der Waals surface area contributed by atoms with E-state index in [0.717, 1.165) is 0 Å². The lowest BCUT2D eigenvalue weighted by Crippen LogP contribution is -2.32. The molecule has 5 heteroatoms. The number of hydrogen-bond acceptors (Lipinski definition) is 4. The van der Waals surface area contributed by atoms with E-state index in [2.05, 4.69) is 10.3 Å². The van der Waals surface area contributed by atoms with E-state index in [4.69, 9.17) is 17.3 Å². The second-order valence-electron chi connectivity index (χ2n) is 3.80. The van der Waals surface area contributed by atoms with Gasteiger partial charge in [-0.15, -0.1) is 0 Å². The third-order valence-electron chi connectivity index (χ3n) is 2.28. The zero-order valence-corrected chi connectivity index (χ0v) is 9.67. The van der Waals surface area contributed by atoms with Crippen LogP contribution in [0, 0.1) is 0 Å². The van der Waals surface area contributed by atoms with Crippen LogP contribution < -0.4 is 11.1 Å². The number of aromatic nitrogens is 1. The van der Waals surface area contributed by atoms with Gasteiger partial charge in [-0.3, -0.25) is 0 Å². The van der Waals surface area contributed by atoms with Crippen LogP contribution in [0.1, 0.15) is 20.3 Å². The first-order valence-corrected chi connectivity index (χ1v) is 5.19. The van der Waals surface area contributed by atoms with Crippen LogP contribution in [0.3, 0.4) is 0 Å². The van der Waals surface area contributed by atoms with Gasteiger partial charge in [-0.05, 0) is 19.4 Å². The molecule has 0 spiro atoms. The quantitative estimate of drug-likeness (QED) is 0.738. The summed E-state index contributed by atoms with van der Waals surface area (Å²) >= 11 is 5.71. The number of hydrogen-bond donors (Lipinski definition) is 3. The van der Waals surface area contributed by atoms with E-state index in [9.17, 15) is 5.11 Å². The SMILES string of the molecule is CCC(C)(O)CNc1ncc(Cl)cc1N. The maximum absolute atomic E-state index is 9.77. The maximum atomic E-state index is 9.77. The number of nitrogens with one attached hydrogen (secondary N) is 1. The Morgan fingerprint density at radius 3 is 2.87 bits per heavy atom. The average Bonchev–Trinajstić information content (AvgIpc) is 2.16. The van der Waals surface area contributed by atoms with Crippen molar-refractivity contribution in [1.29, 1.82) is 0 Å². The van der Waals surface area contributed by atoms with E-state index in [-0.39, 0.29) is 0 Å². The summed E-state index contributed by atoms with van der Waals surface area (Å²) in [6.45, 7) is 4.08. The van der Waals surface area contributed by atoms with Gasteiger partial charge in [0.2, 0.25) is 0 Å². The van der Waals surface area contributed by atoms with Gasteiger partial charge < -0.3 is 16.2 Å². The van der Waals surface area contributed by atoms with Crippen molar-refractivity contribution >= 4 is 23.1 Å². The van der Waals surface area contributed by atoms with Crippen LogP contribution >= 0.6 is 11.6 Å². The molecule has 0 amide bonds. The minimum atomic E-state index is -0.756. The van der Waals surface area contributed by atoms with Crippen LogP contribution in [-0.4, -0.2) is 22.2 Å². The van der Waals surface area contributed by atoms with E-state index in [1.807, 2.05) is 6.92 Å². The number of nitrogen functional groups attached to an aromatic ring is 1. The van der Waals surface area contributed by atoms with E-state index in [1.165, 1.54) is 6.20 Å². The summed E-state index contributed by atoms with van der Waals surface area (Å²) in [4.78, 5) is 4.04. The molecule has 0 saturated carbocycles. The standard InChI is InChI=1S/C10H16ClN3O/c1-3-10(2,15)6-14-9-8(12)4-7(11)5-13-9/h4-5,15H,3,6,12H2,1-2H3,(H,13,14). The number of aliphatic hydroxyl groups is 1. The third kappa shape index (κ3) is 3.57. The summed E-state index contributed by atoms with van der Waals surface area (Å²) in [6, 6.07) is 1.62. The van der Waals surface area contributed by atoms with Crippen LogP contribution in [0.5, 0.6) is 0 Å². The molecule has 1 aromatic rings. The number of nitrogens with zero attached hydrogens (tertiary/aromatic N) is 1. The summed E-state index contributed by atoms with van der Waals surface area (Å²) in [5, 5.41) is 13.3. The highest BCUT2D eigenvalue weighted by molar-refractivity contribution is 6.30. The molecule has 0 bridgehead atoms. The van der Waals surface area contributed by atoms with Crippen molar-refractivity contribution in [1.82, 2.24) is 4.98 Å². The van der Waals surface area contributed by atoms with Gasteiger partial charge in [0, 0.05) is 12.7 Å². The highest BCUT2D eigenvalue weighted by Gasteiger charge is 2.17. The number of rotatable bonds is 4. The summed E-state index contributed by atoms with van der Waals surface area (Å²) in [7, 11) is 0. The molecule has 0 aromatic carbocycles. The minimum absolute atomic E-state index is 0.405. The fourth-order valence-corrected chi connectivity index (χ4v) is 1.17. The molecule has 0 aliphatic rings. The van der Waals surface area contributed by atoms with E-state index in [1.54, 1.807) is 13.0 Å². The summed E-state index contributed by atoms with van der Waals surface area (Å²) in [5.74, 6) is 0.549. The predicted octanol–water partition coefficient (Wildman–Crippen LogP) is 1.89. The molecule has 0 radical (unpaired) electrons. The molecule has 0 aliphatic heterocycles. The van der Waals surface area contributed by atoms with Crippen LogP contribution in [0.4, 0.5) is 11.5 Å². The van der Waals surface area contributed by atoms with Gasteiger partial charge in [-0.1, -0.05) is 18.5 Å². The van der Waals surface area contributed by atoms with Gasteiger partial charge in [0.25, 0.3) is 0 Å². The van der Waals surface area contributed by atoms with Crippen LogP contribution in [0.25, 0.3) is 0 Å². The zero-order valence-electron chi connectivity index (χ0n) is 8.92. The Kier molecular flexibility index (Phi) is 3.77. The highest BCUT2D eigenvalue weighted by atomic mass is 35.5. The van der Waals surface area contributed by atoms with Crippen molar-refractivity contribution in [2.75, 3.05) is 17.6 Å². The fourth-order valence-electron chi connectivity index (χ4n) is 1.00. The fraction of sp³-hybridized carbons (Fsp3) is 0.500. The maximum Gasteiger partial charge on any atom is 0.149 e. The van der Waals surface area contributed by atoms with Gasteiger partial charge in [-0.2, -0.15) is 0 Å². The van der Waals surface area contributed by atoms with E-state index in [0.29, 0.717) is 29.5 Å². The Balaban J connectivity index is 2.66. The molecule has 84 valence electrons. The Bertz CT molecular complexity index is 341. The van der Waals surface area contributed by atoms with E-state index < -0.39 is 5.60 Å². The third-order valence-corrected chi connectivity index (χ3v) is 2.49. The Morgan fingerprint density at radius 2 is 2.33 bits per heavy atom. The Labute approximate surface area is 94.5 Å². The van der Waals surface area contributed by atoms with Crippen LogP contribution in [0.15, 0.2) is 12.3 Å². The van der Waals surface area contributed by atoms with Gasteiger partial charge in [0.1, 0.15) is 5.82 Å². The second kappa shape index (κ2) is 4.68. The van der Waals surface area contributed by atoms with Gasteiger partial charge in [0.05, 0.1) is 16.3 Å². The monoisotopic (exact) mass is 229 g/mol. The molecule has 15 heavy (non-hydrogen) atoms. The van der Waals surface area contributed by atoms with Crippen molar-refractivity contribution in [3.8, 4) is 0 Å². The zero-order chi connectivity index (χ0) is 11.5. The van der Waals surface area contributed by atoms with Crippen molar-refractivity contribution in [3.63, 3.8) is 0 Å². The first-order chi connectivity index (χ1) is 6.94. The molecule has 1 rings (SSSR count). The second-order valence-corrected chi connectivity index (χ2v) is 4.23. The lowest BCUT2D eigenvalue weighted by molar-refractivity contribution is 0.0697. The molecule has 0 saturated heterocycles. The average molecular weight is 230 g/mol. The van der Waals surface area contributed by atoms with Crippen molar-refractivity contribution in [2.24, 2.45) is 0 Å². The molecule has 1 heterocycles. The normalized spacial score (nSPS) is 14.7. The Morgan fingerprint density at radius 1 is 1.67 bits per heavy atom. The predicted molar refractivity (Wildman–Crippen MR) is 63.1 cm³/mol. The van der Waals surface area contributed by atoms with Gasteiger partial charge >= 0.3 is 0 Å². The van der Waals surface area contributed by atoms with Crippen molar-refractivity contribution < 1.29 is 5.11 Å². The minimum Gasteiger partial charge on any atom is -0.396 e. The topological polar surface area (TPSA) is 71.2 Å². The van der Waals surface area contributed by atoms with Crippen LogP contribution in [-0.2, 0) is 0 Å². The van der Waals surface area contributed by atoms with Crippen molar-refractivity contribution in [3.05, 3.63) is 17.3 Å². The molecule has 4 N–H and O–H groups in total. The van der Waals surface area contributed by atoms with Gasteiger partial charge in [-0.25, -0.2) is 4.98 Å². The molecular formula is C10H16ClN3O. The highest BCUT2D eigenvalue weighted by Crippen LogP contribution is 2.20. The first-order valence-electron chi connectivity index (χ1n) is 4.82. The molecular weight excluding hydrogens is 214 g/mol. The van der Waals surface area contributed by atoms with Crippen molar-refractivity contribution in [2.45, 2.75) is 25.9 Å². The smallest absolute Gasteiger partial charge is 0.149 e.